The fraction of sp³-hybridized carbons (Fsp3) is 0.562. The number of hydrogen-bond donors (Lipinski definition) is 0. The molecule has 0 fully saturated rings. The molecule has 0 saturated carbocycles. The lowest BCUT2D eigenvalue weighted by Crippen LogP contribution is -2.32. The van der Waals surface area contributed by atoms with Crippen LogP contribution in [0.15, 0.2) is 18.2 Å². The standard InChI is InChI=1S/C16H22O4S/c1-16(2,3)21(18,19)10-9-20-13-8-7-12-5-4-6-15(17)14(12)11-13/h7-8,11H,4-6,9-10H2,1-3H3. The van der Waals surface area contributed by atoms with Gasteiger partial charge in [0.2, 0.25) is 0 Å². The van der Waals surface area contributed by atoms with Gasteiger partial charge in [0.25, 0.3) is 0 Å². The van der Waals surface area contributed by atoms with E-state index < -0.39 is 14.6 Å². The SMILES string of the molecule is CC(C)(C)S(=O)(=O)CCOc1ccc2c(c1)C(=O)CCC2. The molecule has 0 aliphatic heterocycles. The molecule has 5 heteroatoms. The number of hydrogen-bond acceptors (Lipinski definition) is 4. The molecule has 1 aromatic carbocycles. The van der Waals surface area contributed by atoms with Gasteiger partial charge in [0.15, 0.2) is 15.6 Å². The van der Waals surface area contributed by atoms with E-state index in [2.05, 4.69) is 0 Å². The Morgan fingerprint density at radius 3 is 2.57 bits per heavy atom. The Morgan fingerprint density at radius 2 is 1.90 bits per heavy atom. The summed E-state index contributed by atoms with van der Waals surface area (Å²) in [6.07, 6.45) is 2.39. The van der Waals surface area contributed by atoms with E-state index in [4.69, 9.17) is 4.74 Å². The van der Waals surface area contributed by atoms with Crippen molar-refractivity contribution in [3.63, 3.8) is 0 Å². The number of ether oxygens (including phenoxy) is 1. The van der Waals surface area contributed by atoms with Crippen LogP contribution in [0.3, 0.4) is 0 Å². The van der Waals surface area contributed by atoms with Crippen LogP contribution in [0.4, 0.5) is 0 Å². The highest BCUT2D eigenvalue weighted by Gasteiger charge is 2.28. The van der Waals surface area contributed by atoms with Crippen LogP contribution >= 0.6 is 0 Å². The molecule has 4 nitrogen and oxygen atoms in total. The number of rotatable bonds is 4. The molecule has 0 atom stereocenters. The van der Waals surface area contributed by atoms with E-state index in [1.807, 2.05) is 6.07 Å². The minimum absolute atomic E-state index is 0.0263. The van der Waals surface area contributed by atoms with Crippen LogP contribution in [-0.4, -0.2) is 31.3 Å². The van der Waals surface area contributed by atoms with Crippen molar-refractivity contribution in [3.8, 4) is 5.75 Å². The van der Waals surface area contributed by atoms with Crippen molar-refractivity contribution in [3.05, 3.63) is 29.3 Å². The average Bonchev–Trinajstić information content (AvgIpc) is 2.38. The number of aryl methyl sites for hydroxylation is 1. The second-order valence-electron chi connectivity index (χ2n) is 6.38. The maximum Gasteiger partial charge on any atom is 0.163 e. The van der Waals surface area contributed by atoms with Crippen molar-refractivity contribution in [2.24, 2.45) is 0 Å². The van der Waals surface area contributed by atoms with Gasteiger partial charge in [-0.15, -0.1) is 0 Å². The summed E-state index contributed by atoms with van der Waals surface area (Å²) in [5, 5.41) is 0. The van der Waals surface area contributed by atoms with Gasteiger partial charge in [-0.05, 0) is 51.3 Å². The number of carbonyl (C=O) groups is 1. The summed E-state index contributed by atoms with van der Waals surface area (Å²) < 4.78 is 28.7. The molecule has 116 valence electrons. The topological polar surface area (TPSA) is 60.4 Å². The number of carbonyl (C=O) groups excluding carboxylic acids is 1. The minimum atomic E-state index is -3.19. The van der Waals surface area contributed by atoms with E-state index in [0.717, 1.165) is 24.0 Å². The molecule has 1 aromatic rings. The fourth-order valence-electron chi connectivity index (χ4n) is 2.27. The first kappa shape index (κ1) is 16.0. The van der Waals surface area contributed by atoms with E-state index >= 15 is 0 Å². The molecule has 0 unspecified atom stereocenters. The van der Waals surface area contributed by atoms with Crippen LogP contribution in [0.5, 0.6) is 5.75 Å². The quantitative estimate of drug-likeness (QED) is 0.858. The molecule has 2 rings (SSSR count). The molecule has 0 aromatic heterocycles. The largest absolute Gasteiger partial charge is 0.493 e. The second-order valence-corrected chi connectivity index (χ2v) is 9.24. The molecule has 0 radical (unpaired) electrons. The fourth-order valence-corrected chi connectivity index (χ4v) is 3.19. The summed E-state index contributed by atoms with van der Waals surface area (Å²) in [5.74, 6) is 0.679. The first-order valence-electron chi connectivity index (χ1n) is 7.22. The van der Waals surface area contributed by atoms with Crippen molar-refractivity contribution >= 4 is 15.6 Å². The maximum absolute atomic E-state index is 12.0. The van der Waals surface area contributed by atoms with Crippen molar-refractivity contribution in [2.45, 2.75) is 44.8 Å². The van der Waals surface area contributed by atoms with E-state index in [9.17, 15) is 13.2 Å². The summed E-state index contributed by atoms with van der Waals surface area (Å²) in [6, 6.07) is 5.45. The lowest BCUT2D eigenvalue weighted by molar-refractivity contribution is 0.0972. The van der Waals surface area contributed by atoms with Crippen LogP contribution < -0.4 is 4.74 Å². The van der Waals surface area contributed by atoms with Crippen LogP contribution in [0.25, 0.3) is 0 Å². The minimum Gasteiger partial charge on any atom is -0.493 e. The molecule has 0 amide bonds. The zero-order valence-electron chi connectivity index (χ0n) is 12.8. The third-order valence-corrected chi connectivity index (χ3v) is 6.36. The Kier molecular flexibility index (Phi) is 4.42. The molecule has 0 saturated heterocycles. The normalized spacial score (nSPS) is 15.7. The smallest absolute Gasteiger partial charge is 0.163 e. The second kappa shape index (κ2) is 5.79. The number of fused-ring (bicyclic) bond motifs is 1. The molecular formula is C16H22O4S. The predicted molar refractivity (Wildman–Crippen MR) is 82.7 cm³/mol. The number of sulfone groups is 1. The van der Waals surface area contributed by atoms with E-state index in [1.54, 1.807) is 32.9 Å². The van der Waals surface area contributed by atoms with Gasteiger partial charge < -0.3 is 4.74 Å². The zero-order chi connectivity index (χ0) is 15.7. The Labute approximate surface area is 126 Å². The molecular weight excluding hydrogens is 288 g/mol. The first-order valence-corrected chi connectivity index (χ1v) is 8.87. The lowest BCUT2D eigenvalue weighted by Gasteiger charge is -2.19. The predicted octanol–water partition coefficient (Wildman–Crippen LogP) is 2.80. The highest BCUT2D eigenvalue weighted by atomic mass is 32.2. The van der Waals surface area contributed by atoms with E-state index in [1.165, 1.54) is 0 Å². The number of Topliss-reactive ketones (excluding diaryl/α,β-unsaturated/α-hetero) is 1. The summed E-state index contributed by atoms with van der Waals surface area (Å²) in [5.41, 5.74) is 1.78. The van der Waals surface area contributed by atoms with Gasteiger partial charge in [0.05, 0.1) is 10.5 Å². The van der Waals surface area contributed by atoms with E-state index in [-0.39, 0.29) is 18.1 Å². The Morgan fingerprint density at radius 1 is 1.19 bits per heavy atom. The summed E-state index contributed by atoms with van der Waals surface area (Å²) >= 11 is 0. The van der Waals surface area contributed by atoms with Crippen LogP contribution in [0.1, 0.15) is 49.5 Å². The van der Waals surface area contributed by atoms with Crippen LogP contribution in [0.2, 0.25) is 0 Å². The monoisotopic (exact) mass is 310 g/mol. The lowest BCUT2D eigenvalue weighted by atomic mass is 9.90. The van der Waals surface area contributed by atoms with Gasteiger partial charge in [0.1, 0.15) is 12.4 Å². The Balaban J connectivity index is 2.02. The molecule has 0 N–H and O–H groups in total. The maximum atomic E-state index is 12.0. The van der Waals surface area contributed by atoms with Gasteiger partial charge in [-0.1, -0.05) is 6.07 Å². The molecule has 1 aliphatic carbocycles. The number of benzene rings is 1. The molecule has 0 spiro atoms. The summed E-state index contributed by atoms with van der Waals surface area (Å²) in [4.78, 5) is 11.9. The van der Waals surface area contributed by atoms with Gasteiger partial charge in [-0.3, -0.25) is 4.79 Å². The molecule has 21 heavy (non-hydrogen) atoms. The van der Waals surface area contributed by atoms with Gasteiger partial charge in [-0.2, -0.15) is 0 Å². The van der Waals surface area contributed by atoms with E-state index in [0.29, 0.717) is 12.2 Å². The summed E-state index contributed by atoms with van der Waals surface area (Å²) in [7, 11) is -3.19. The third kappa shape index (κ3) is 3.64. The van der Waals surface area contributed by atoms with Gasteiger partial charge >= 0.3 is 0 Å². The molecule has 1 aliphatic rings. The number of ketones is 1. The first-order chi connectivity index (χ1) is 9.71. The highest BCUT2D eigenvalue weighted by Crippen LogP contribution is 2.25. The van der Waals surface area contributed by atoms with Crippen LogP contribution in [0, 0.1) is 0 Å². The van der Waals surface area contributed by atoms with Crippen LogP contribution in [-0.2, 0) is 16.3 Å². The zero-order valence-corrected chi connectivity index (χ0v) is 13.6. The third-order valence-electron chi connectivity index (χ3n) is 3.79. The van der Waals surface area contributed by atoms with Gasteiger partial charge in [0, 0.05) is 12.0 Å². The van der Waals surface area contributed by atoms with Crippen molar-refractivity contribution < 1.29 is 17.9 Å². The van der Waals surface area contributed by atoms with Gasteiger partial charge in [-0.25, -0.2) is 8.42 Å². The average molecular weight is 310 g/mol. The molecule has 0 heterocycles. The van der Waals surface area contributed by atoms with Crippen molar-refractivity contribution in [1.29, 1.82) is 0 Å². The summed E-state index contributed by atoms with van der Waals surface area (Å²) in [6.45, 7) is 5.15. The van der Waals surface area contributed by atoms with Crippen molar-refractivity contribution in [2.75, 3.05) is 12.4 Å². The molecule has 0 bridgehead atoms. The Bertz CT molecular complexity index is 639. The highest BCUT2D eigenvalue weighted by molar-refractivity contribution is 7.92. The Hall–Kier alpha value is -1.36. The van der Waals surface area contributed by atoms with Crippen molar-refractivity contribution in [1.82, 2.24) is 0 Å².